The third kappa shape index (κ3) is 4.14. The van der Waals surface area contributed by atoms with E-state index >= 15 is 0 Å². The second kappa shape index (κ2) is 6.92. The number of hydrogen-bond acceptors (Lipinski definition) is 6. The van der Waals surface area contributed by atoms with Gasteiger partial charge in [0.1, 0.15) is 17.1 Å². The summed E-state index contributed by atoms with van der Waals surface area (Å²) in [6, 6.07) is 4.19. The number of carbonyl (C=O) groups is 1. The number of nitro benzene ring substituents is 1. The molecule has 0 spiro atoms. The number of imidazole rings is 1. The Hall–Kier alpha value is -2.90. The molecule has 0 N–H and O–H groups in total. The fraction of sp³-hybridized carbons (Fsp3) is 0.412. The fourth-order valence-corrected chi connectivity index (χ4v) is 2.37. The molecule has 8 nitrogen and oxygen atoms in total. The summed E-state index contributed by atoms with van der Waals surface area (Å²) in [4.78, 5) is 28.9. The van der Waals surface area contributed by atoms with Crippen molar-refractivity contribution < 1.29 is 14.5 Å². The van der Waals surface area contributed by atoms with Gasteiger partial charge in [0, 0.05) is 19.7 Å². The first-order chi connectivity index (χ1) is 11.6. The second-order valence-corrected chi connectivity index (χ2v) is 6.56. The minimum Gasteiger partial charge on any atom is -0.456 e. The maximum atomic E-state index is 12.3. The third-order valence-electron chi connectivity index (χ3n) is 3.54. The van der Waals surface area contributed by atoms with Crippen LogP contribution in [-0.2, 0) is 11.3 Å². The summed E-state index contributed by atoms with van der Waals surface area (Å²) in [7, 11) is 1.70. The van der Waals surface area contributed by atoms with Crippen LogP contribution in [0.5, 0.6) is 0 Å². The Balaban J connectivity index is 2.49. The third-order valence-corrected chi connectivity index (χ3v) is 3.54. The van der Waals surface area contributed by atoms with Crippen LogP contribution >= 0.6 is 0 Å². The summed E-state index contributed by atoms with van der Waals surface area (Å²) in [6.07, 6.45) is 3.27. The highest BCUT2D eigenvalue weighted by Gasteiger charge is 2.24. The van der Waals surface area contributed by atoms with Crippen LogP contribution in [0.1, 0.15) is 38.1 Å². The number of ether oxygens (including phenoxy) is 1. The molecule has 0 saturated heterocycles. The number of aryl methyl sites for hydroxylation is 1. The van der Waals surface area contributed by atoms with Gasteiger partial charge in [0.15, 0.2) is 0 Å². The molecule has 0 amide bonds. The Morgan fingerprint density at radius 2 is 2.08 bits per heavy atom. The zero-order valence-electron chi connectivity index (χ0n) is 15.0. The topological polar surface area (TPSA) is 90.5 Å². The van der Waals surface area contributed by atoms with Crippen LogP contribution in [0.4, 0.5) is 17.2 Å². The van der Waals surface area contributed by atoms with Gasteiger partial charge >= 0.3 is 5.97 Å². The molecular weight excluding hydrogens is 324 g/mol. The molecule has 0 radical (unpaired) electrons. The number of esters is 1. The van der Waals surface area contributed by atoms with E-state index in [2.05, 4.69) is 4.98 Å². The Labute approximate surface area is 146 Å². The molecule has 1 heterocycles. The molecule has 2 aromatic rings. The number of nitrogens with zero attached hydrogens (tertiary/aromatic N) is 4. The second-order valence-electron chi connectivity index (χ2n) is 6.56. The van der Waals surface area contributed by atoms with E-state index in [-0.39, 0.29) is 11.3 Å². The van der Waals surface area contributed by atoms with E-state index in [1.54, 1.807) is 45.2 Å². The van der Waals surface area contributed by atoms with Crippen molar-refractivity contribution in [1.82, 2.24) is 9.55 Å². The summed E-state index contributed by atoms with van der Waals surface area (Å²) >= 11 is 0. The van der Waals surface area contributed by atoms with Crippen LogP contribution in [0.15, 0.2) is 30.7 Å². The van der Waals surface area contributed by atoms with Crippen molar-refractivity contribution in [3.63, 3.8) is 0 Å². The van der Waals surface area contributed by atoms with Gasteiger partial charge in [-0.05, 0) is 39.8 Å². The van der Waals surface area contributed by atoms with Crippen LogP contribution < -0.4 is 4.90 Å². The van der Waals surface area contributed by atoms with Gasteiger partial charge in [-0.2, -0.15) is 0 Å². The average molecular weight is 346 g/mol. The quantitative estimate of drug-likeness (QED) is 0.467. The molecule has 0 unspecified atom stereocenters. The molecule has 25 heavy (non-hydrogen) atoms. The Bertz CT molecular complexity index is 792. The largest absolute Gasteiger partial charge is 0.456 e. The van der Waals surface area contributed by atoms with Gasteiger partial charge in [0.05, 0.1) is 23.0 Å². The lowest BCUT2D eigenvalue weighted by Crippen LogP contribution is -2.24. The molecule has 1 aromatic heterocycles. The highest BCUT2D eigenvalue weighted by molar-refractivity contribution is 5.92. The van der Waals surface area contributed by atoms with E-state index in [1.807, 2.05) is 11.5 Å². The summed E-state index contributed by atoms with van der Waals surface area (Å²) < 4.78 is 7.20. The van der Waals surface area contributed by atoms with Gasteiger partial charge in [-0.15, -0.1) is 0 Å². The first kappa shape index (κ1) is 18.4. The standard InChI is InChI=1S/C17H22N4O4/c1-6-20-11-18-10-15(20)19(5)14-9-12(7-8-13(14)21(23)24)16(22)25-17(2,3)4/h7-11H,6H2,1-5H3. The number of rotatable bonds is 5. The Kier molecular flexibility index (Phi) is 5.10. The summed E-state index contributed by atoms with van der Waals surface area (Å²) in [5, 5.41) is 11.4. The van der Waals surface area contributed by atoms with E-state index < -0.39 is 16.5 Å². The van der Waals surface area contributed by atoms with Crippen molar-refractivity contribution in [3.05, 3.63) is 46.4 Å². The number of anilines is 2. The predicted octanol–water partition coefficient (Wildman–Crippen LogP) is 3.53. The van der Waals surface area contributed by atoms with Crippen LogP contribution in [-0.4, -0.2) is 33.1 Å². The highest BCUT2D eigenvalue weighted by atomic mass is 16.6. The van der Waals surface area contributed by atoms with E-state index in [9.17, 15) is 14.9 Å². The molecule has 0 saturated carbocycles. The summed E-state index contributed by atoms with van der Waals surface area (Å²) in [5.74, 6) is 0.160. The lowest BCUT2D eigenvalue weighted by Gasteiger charge is -2.22. The SMILES string of the molecule is CCn1cncc1N(C)c1cc(C(=O)OC(C)(C)C)ccc1[N+](=O)[O-]. The number of nitro groups is 1. The Morgan fingerprint density at radius 1 is 1.40 bits per heavy atom. The van der Waals surface area contributed by atoms with E-state index in [4.69, 9.17) is 4.74 Å². The summed E-state index contributed by atoms with van der Waals surface area (Å²) in [6.45, 7) is 7.92. The van der Waals surface area contributed by atoms with E-state index in [0.717, 1.165) is 0 Å². The maximum absolute atomic E-state index is 12.3. The van der Waals surface area contributed by atoms with Gasteiger partial charge in [-0.3, -0.25) is 10.1 Å². The number of benzene rings is 1. The lowest BCUT2D eigenvalue weighted by molar-refractivity contribution is -0.384. The first-order valence-electron chi connectivity index (χ1n) is 7.89. The van der Waals surface area contributed by atoms with Gasteiger partial charge < -0.3 is 14.2 Å². The molecule has 0 aliphatic carbocycles. The number of hydrogen-bond donors (Lipinski definition) is 0. The lowest BCUT2D eigenvalue weighted by atomic mass is 10.1. The van der Waals surface area contributed by atoms with Gasteiger partial charge in [-0.1, -0.05) is 0 Å². The van der Waals surface area contributed by atoms with Gasteiger partial charge in [0.25, 0.3) is 5.69 Å². The van der Waals surface area contributed by atoms with Gasteiger partial charge in [0.2, 0.25) is 0 Å². The maximum Gasteiger partial charge on any atom is 0.338 e. The minimum absolute atomic E-state index is 0.0985. The zero-order valence-corrected chi connectivity index (χ0v) is 15.0. The summed E-state index contributed by atoms with van der Waals surface area (Å²) in [5.41, 5.74) is -0.196. The monoisotopic (exact) mass is 346 g/mol. The van der Waals surface area contributed by atoms with Gasteiger partial charge in [-0.25, -0.2) is 9.78 Å². The smallest absolute Gasteiger partial charge is 0.338 e. The van der Waals surface area contributed by atoms with Crippen molar-refractivity contribution in [2.75, 3.05) is 11.9 Å². The molecule has 134 valence electrons. The van der Waals surface area contributed by atoms with Crippen molar-refractivity contribution in [2.24, 2.45) is 0 Å². The number of aromatic nitrogens is 2. The predicted molar refractivity (Wildman–Crippen MR) is 94.2 cm³/mol. The van der Waals surface area contributed by atoms with Crippen molar-refractivity contribution in [3.8, 4) is 0 Å². The minimum atomic E-state index is -0.647. The van der Waals surface area contributed by atoms with Crippen molar-refractivity contribution in [1.29, 1.82) is 0 Å². The number of carbonyl (C=O) groups excluding carboxylic acids is 1. The molecule has 8 heteroatoms. The molecule has 0 aliphatic rings. The normalized spacial score (nSPS) is 11.2. The van der Waals surface area contributed by atoms with Crippen LogP contribution in [0.25, 0.3) is 0 Å². The molecule has 2 rings (SSSR count). The fourth-order valence-electron chi connectivity index (χ4n) is 2.37. The van der Waals surface area contributed by atoms with Crippen LogP contribution in [0, 0.1) is 10.1 Å². The zero-order chi connectivity index (χ0) is 18.8. The molecule has 0 bridgehead atoms. The molecule has 1 aromatic carbocycles. The highest BCUT2D eigenvalue weighted by Crippen LogP contribution is 2.33. The average Bonchev–Trinajstić information content (AvgIpc) is 3.00. The Morgan fingerprint density at radius 3 is 2.64 bits per heavy atom. The molecular formula is C17H22N4O4. The van der Waals surface area contributed by atoms with Crippen LogP contribution in [0.2, 0.25) is 0 Å². The van der Waals surface area contributed by atoms with Crippen molar-refractivity contribution in [2.45, 2.75) is 39.8 Å². The molecule has 0 fully saturated rings. The van der Waals surface area contributed by atoms with Crippen molar-refractivity contribution >= 4 is 23.2 Å². The van der Waals surface area contributed by atoms with Crippen LogP contribution in [0.3, 0.4) is 0 Å². The molecule has 0 aliphatic heterocycles. The van der Waals surface area contributed by atoms with E-state index in [0.29, 0.717) is 18.1 Å². The van der Waals surface area contributed by atoms with E-state index in [1.165, 1.54) is 18.2 Å². The first-order valence-corrected chi connectivity index (χ1v) is 7.89. The molecule has 0 atom stereocenters.